The number of benzene rings is 1. The Labute approximate surface area is 150 Å². The minimum Gasteiger partial charge on any atom is -0.354 e. The number of carbonyl (C=O) groups excluding carboxylic acids is 2. The van der Waals surface area contributed by atoms with Crippen molar-refractivity contribution in [3.8, 4) is 0 Å². The molecule has 1 aromatic rings. The quantitative estimate of drug-likeness (QED) is 0.722. The van der Waals surface area contributed by atoms with Crippen molar-refractivity contribution in [2.75, 3.05) is 19.6 Å². The fourth-order valence-corrected chi connectivity index (χ4v) is 3.38. The van der Waals surface area contributed by atoms with Gasteiger partial charge in [0.15, 0.2) is 0 Å². The van der Waals surface area contributed by atoms with Gasteiger partial charge in [-0.2, -0.15) is 8.78 Å². The molecule has 3 N–H and O–H groups in total. The minimum atomic E-state index is -2.48. The first-order valence-corrected chi connectivity index (χ1v) is 9.22. The van der Waals surface area contributed by atoms with Crippen molar-refractivity contribution in [1.29, 1.82) is 0 Å². The fourth-order valence-electron chi connectivity index (χ4n) is 2.88. The van der Waals surface area contributed by atoms with Gasteiger partial charge < -0.3 is 16.0 Å². The van der Waals surface area contributed by atoms with Gasteiger partial charge in [-0.1, -0.05) is 11.8 Å². The first kappa shape index (κ1) is 19.7. The van der Waals surface area contributed by atoms with Gasteiger partial charge in [-0.3, -0.25) is 9.59 Å². The Morgan fingerprint density at radius 3 is 2.64 bits per heavy atom. The van der Waals surface area contributed by atoms with Crippen molar-refractivity contribution in [3.05, 3.63) is 29.8 Å². The summed E-state index contributed by atoms with van der Waals surface area (Å²) in [6.45, 7) is 1.33. The highest BCUT2D eigenvalue weighted by atomic mass is 32.2. The molecule has 1 heterocycles. The second-order valence-corrected chi connectivity index (χ2v) is 6.96. The summed E-state index contributed by atoms with van der Waals surface area (Å²) in [6.07, 6.45) is 3.02. The van der Waals surface area contributed by atoms with Crippen LogP contribution in [-0.4, -0.2) is 48.1 Å². The van der Waals surface area contributed by atoms with Gasteiger partial charge in [0.05, 0.1) is 0 Å². The summed E-state index contributed by atoms with van der Waals surface area (Å²) in [4.78, 5) is 26.5. The van der Waals surface area contributed by atoms with Crippen LogP contribution in [0.15, 0.2) is 29.2 Å². The van der Waals surface area contributed by atoms with Crippen LogP contribution < -0.4 is 11.1 Å². The average molecular weight is 371 g/mol. The third-order valence-electron chi connectivity index (χ3n) is 4.12. The summed E-state index contributed by atoms with van der Waals surface area (Å²) in [7, 11) is 0. The van der Waals surface area contributed by atoms with E-state index in [0.29, 0.717) is 41.9 Å². The molecule has 0 aromatic heterocycles. The number of nitrogens with two attached hydrogens (primary N) is 1. The van der Waals surface area contributed by atoms with E-state index in [1.807, 2.05) is 0 Å². The fraction of sp³-hybridized carbons (Fsp3) is 0.529. The highest BCUT2D eigenvalue weighted by Crippen LogP contribution is 2.26. The summed E-state index contributed by atoms with van der Waals surface area (Å²) in [5.41, 5.74) is 5.83. The highest BCUT2D eigenvalue weighted by molar-refractivity contribution is 7.99. The molecule has 1 aliphatic heterocycles. The number of alkyl halides is 2. The Kier molecular flexibility index (Phi) is 7.64. The van der Waals surface area contributed by atoms with Crippen LogP contribution in [0.2, 0.25) is 0 Å². The number of piperidine rings is 1. The monoisotopic (exact) mass is 371 g/mol. The predicted octanol–water partition coefficient (Wildman–Crippen LogP) is 2.46. The lowest BCUT2D eigenvalue weighted by molar-refractivity contribution is -0.121. The zero-order valence-electron chi connectivity index (χ0n) is 13.9. The van der Waals surface area contributed by atoms with Crippen LogP contribution in [0.1, 0.15) is 36.0 Å². The molecule has 1 unspecified atom stereocenters. The normalized spacial score (nSPS) is 17.6. The van der Waals surface area contributed by atoms with Crippen LogP contribution in [0.5, 0.6) is 0 Å². The van der Waals surface area contributed by atoms with Crippen molar-refractivity contribution in [2.45, 2.75) is 42.4 Å². The van der Waals surface area contributed by atoms with Crippen LogP contribution >= 0.6 is 11.8 Å². The largest absolute Gasteiger partial charge is 0.354 e. The minimum absolute atomic E-state index is 0.0573. The number of amides is 2. The number of hydrogen-bond donors (Lipinski definition) is 2. The molecule has 1 aliphatic rings. The number of hydrogen-bond acceptors (Lipinski definition) is 4. The Balaban J connectivity index is 2.00. The Morgan fingerprint density at radius 2 is 2.00 bits per heavy atom. The van der Waals surface area contributed by atoms with Gasteiger partial charge in [-0.15, -0.1) is 0 Å². The van der Waals surface area contributed by atoms with Crippen molar-refractivity contribution >= 4 is 23.6 Å². The number of thioether (sulfide) groups is 1. The van der Waals surface area contributed by atoms with E-state index >= 15 is 0 Å². The molecule has 5 nitrogen and oxygen atoms in total. The van der Waals surface area contributed by atoms with Crippen LogP contribution in [0.3, 0.4) is 0 Å². The van der Waals surface area contributed by atoms with Crippen molar-refractivity contribution < 1.29 is 18.4 Å². The van der Waals surface area contributed by atoms with E-state index in [4.69, 9.17) is 5.73 Å². The van der Waals surface area contributed by atoms with Crippen LogP contribution in [0.4, 0.5) is 8.78 Å². The van der Waals surface area contributed by atoms with Crippen molar-refractivity contribution in [1.82, 2.24) is 10.2 Å². The maximum absolute atomic E-state index is 12.8. The molecule has 2 amide bonds. The SMILES string of the molecule is NCCC(=O)NCC1CCCCN1C(=O)c1ccc(SC(F)F)cc1. The molecule has 0 aliphatic carbocycles. The Hall–Kier alpha value is -1.67. The molecule has 8 heteroatoms. The van der Waals surface area contributed by atoms with Gasteiger partial charge in [0.2, 0.25) is 5.91 Å². The number of rotatable bonds is 7. The molecule has 0 bridgehead atoms. The Morgan fingerprint density at radius 1 is 1.28 bits per heavy atom. The van der Waals surface area contributed by atoms with E-state index in [9.17, 15) is 18.4 Å². The second-order valence-electron chi connectivity index (χ2n) is 5.89. The van der Waals surface area contributed by atoms with Gasteiger partial charge in [0.1, 0.15) is 0 Å². The summed E-state index contributed by atoms with van der Waals surface area (Å²) in [6, 6.07) is 6.16. The number of likely N-dealkylation sites (tertiary alicyclic amines) is 1. The maximum atomic E-state index is 12.8. The number of nitrogens with one attached hydrogen (secondary N) is 1. The summed E-state index contributed by atoms with van der Waals surface area (Å²) in [5.74, 6) is -2.73. The summed E-state index contributed by atoms with van der Waals surface area (Å²) < 4.78 is 24.7. The van der Waals surface area contributed by atoms with E-state index in [1.165, 1.54) is 12.1 Å². The van der Waals surface area contributed by atoms with E-state index in [2.05, 4.69) is 5.32 Å². The lowest BCUT2D eigenvalue weighted by atomic mass is 10.0. The van der Waals surface area contributed by atoms with Gasteiger partial charge in [-0.05, 0) is 43.5 Å². The smallest absolute Gasteiger partial charge is 0.288 e. The predicted molar refractivity (Wildman–Crippen MR) is 93.7 cm³/mol. The molecule has 2 rings (SSSR count). The first-order chi connectivity index (χ1) is 12.0. The van der Waals surface area contributed by atoms with E-state index in [0.717, 1.165) is 19.3 Å². The molecule has 1 aromatic carbocycles. The van der Waals surface area contributed by atoms with Crippen molar-refractivity contribution in [2.24, 2.45) is 5.73 Å². The van der Waals surface area contributed by atoms with Crippen LogP contribution in [0, 0.1) is 0 Å². The summed E-state index contributed by atoms with van der Waals surface area (Å²) in [5, 5.41) is 2.82. The average Bonchev–Trinajstić information content (AvgIpc) is 2.60. The second kappa shape index (κ2) is 9.72. The molecule has 0 spiro atoms. The Bertz CT molecular complexity index is 584. The number of nitrogens with zero attached hydrogens (tertiary/aromatic N) is 1. The molecule has 1 fully saturated rings. The number of halogens is 2. The number of carbonyl (C=O) groups is 2. The van der Waals surface area contributed by atoms with E-state index < -0.39 is 5.76 Å². The van der Waals surface area contributed by atoms with Crippen LogP contribution in [-0.2, 0) is 4.79 Å². The topological polar surface area (TPSA) is 75.4 Å². The first-order valence-electron chi connectivity index (χ1n) is 8.34. The molecule has 1 atom stereocenters. The van der Waals surface area contributed by atoms with E-state index in [-0.39, 0.29) is 24.3 Å². The molecular formula is C17H23F2N3O2S. The van der Waals surface area contributed by atoms with Gasteiger partial charge >= 0.3 is 0 Å². The van der Waals surface area contributed by atoms with Gasteiger partial charge in [-0.25, -0.2) is 0 Å². The zero-order valence-corrected chi connectivity index (χ0v) is 14.7. The maximum Gasteiger partial charge on any atom is 0.288 e. The summed E-state index contributed by atoms with van der Waals surface area (Å²) >= 11 is 0.455. The lowest BCUT2D eigenvalue weighted by Crippen LogP contribution is -2.49. The highest BCUT2D eigenvalue weighted by Gasteiger charge is 2.27. The molecule has 25 heavy (non-hydrogen) atoms. The molecule has 0 saturated carbocycles. The lowest BCUT2D eigenvalue weighted by Gasteiger charge is -2.36. The zero-order chi connectivity index (χ0) is 18.2. The molecule has 138 valence electrons. The molecular weight excluding hydrogens is 348 g/mol. The molecule has 1 saturated heterocycles. The third-order valence-corrected chi connectivity index (χ3v) is 4.84. The van der Waals surface area contributed by atoms with Crippen molar-refractivity contribution in [3.63, 3.8) is 0 Å². The standard InChI is InChI=1S/C17H23F2N3O2S/c18-17(19)25-14-6-4-12(5-7-14)16(24)22-10-2-1-3-13(22)11-21-15(23)8-9-20/h4-7,13,17H,1-3,8-11,20H2,(H,21,23). The third kappa shape index (κ3) is 5.97. The molecule has 0 radical (unpaired) electrons. The van der Waals surface area contributed by atoms with Gasteiger partial charge in [0.25, 0.3) is 11.7 Å². The van der Waals surface area contributed by atoms with Gasteiger partial charge in [0, 0.05) is 42.6 Å². The van der Waals surface area contributed by atoms with E-state index in [1.54, 1.807) is 17.0 Å². The van der Waals surface area contributed by atoms with Crippen LogP contribution in [0.25, 0.3) is 0 Å².